The van der Waals surface area contributed by atoms with Crippen molar-refractivity contribution in [1.82, 2.24) is 0 Å². The van der Waals surface area contributed by atoms with Crippen molar-refractivity contribution in [1.29, 1.82) is 5.41 Å². The van der Waals surface area contributed by atoms with Crippen molar-refractivity contribution >= 4 is 5.84 Å². The van der Waals surface area contributed by atoms with Crippen LogP contribution in [0.3, 0.4) is 0 Å². The smallest absolute Gasteiger partial charge is 0.0954 e. The van der Waals surface area contributed by atoms with Gasteiger partial charge in [-0.25, -0.2) is 0 Å². The van der Waals surface area contributed by atoms with Crippen molar-refractivity contribution in [2.75, 3.05) is 0 Å². The van der Waals surface area contributed by atoms with Crippen LogP contribution < -0.4 is 5.73 Å². The quantitative estimate of drug-likeness (QED) is 0.286. The minimum atomic E-state index is 0.0398. The lowest BCUT2D eigenvalue weighted by Gasteiger charge is -1.85. The molecule has 2 nitrogen and oxygen atoms in total. The van der Waals surface area contributed by atoms with Gasteiger partial charge in [0.2, 0.25) is 0 Å². The van der Waals surface area contributed by atoms with Crippen molar-refractivity contribution in [2.24, 2.45) is 5.73 Å². The van der Waals surface area contributed by atoms with E-state index in [9.17, 15) is 0 Å². The van der Waals surface area contributed by atoms with Gasteiger partial charge in [-0.15, -0.1) is 12.3 Å². The summed E-state index contributed by atoms with van der Waals surface area (Å²) in [7, 11) is 0. The lowest BCUT2D eigenvalue weighted by atomic mass is 10.3. The van der Waals surface area contributed by atoms with Gasteiger partial charge in [-0.2, -0.15) is 0 Å². The average Bonchev–Trinajstić information content (AvgIpc) is 1.61. The summed E-state index contributed by atoms with van der Waals surface area (Å²) in [6, 6.07) is 0. The molecule has 0 bridgehead atoms. The van der Waals surface area contributed by atoms with Crippen LogP contribution in [0.1, 0.15) is 6.42 Å². The van der Waals surface area contributed by atoms with E-state index in [2.05, 4.69) is 5.92 Å². The van der Waals surface area contributed by atoms with Gasteiger partial charge in [-0.05, 0) is 0 Å². The zero-order valence-electron chi connectivity index (χ0n) is 3.94. The molecule has 0 saturated heterocycles. The predicted molar refractivity (Wildman–Crippen MR) is 29.7 cm³/mol. The highest BCUT2D eigenvalue weighted by Gasteiger charge is 1.82. The topological polar surface area (TPSA) is 49.9 Å². The molecule has 0 aliphatic rings. The third kappa shape index (κ3) is 5.03. The Balaban J connectivity index is 3.02. The normalized spacial score (nSPS) is 7.29. The summed E-state index contributed by atoms with van der Waals surface area (Å²) in [6.45, 7) is 0. The second-order valence-corrected chi connectivity index (χ2v) is 1.07. The molecule has 0 rings (SSSR count). The number of hydrogen-bond acceptors (Lipinski definition) is 1. The van der Waals surface area contributed by atoms with Crippen molar-refractivity contribution in [2.45, 2.75) is 6.42 Å². The van der Waals surface area contributed by atoms with Crippen LogP contribution in [0, 0.1) is 24.2 Å². The van der Waals surface area contributed by atoms with Gasteiger partial charge in [0.1, 0.15) is 0 Å². The van der Waals surface area contributed by atoms with E-state index < -0.39 is 0 Å². The Morgan fingerprint density at radius 1 is 2.00 bits per heavy atom. The molecule has 2 heteroatoms. The minimum absolute atomic E-state index is 0.0398. The number of terminal acetylenes is 1. The van der Waals surface area contributed by atoms with Crippen molar-refractivity contribution < 1.29 is 0 Å². The first kappa shape index (κ1) is 6.03. The van der Waals surface area contributed by atoms with Gasteiger partial charge in [0.15, 0.2) is 0 Å². The largest absolute Gasteiger partial charge is 0.387 e. The molecule has 3 N–H and O–H groups in total. The fourth-order valence-corrected chi connectivity index (χ4v) is 0.169. The molecular formula is C5H7N2. The molecule has 0 aromatic rings. The highest BCUT2D eigenvalue weighted by molar-refractivity contribution is 5.85. The Morgan fingerprint density at radius 2 is 2.57 bits per heavy atom. The molecule has 0 spiro atoms. The maximum atomic E-state index is 6.62. The molecule has 7 heavy (non-hydrogen) atoms. The van der Waals surface area contributed by atoms with Crippen LogP contribution >= 0.6 is 0 Å². The molecule has 0 aromatic heterocycles. The van der Waals surface area contributed by atoms with Crippen LogP contribution in [0.15, 0.2) is 0 Å². The summed E-state index contributed by atoms with van der Waals surface area (Å²) in [5.74, 6) is 2.36. The zero-order valence-corrected chi connectivity index (χ0v) is 3.94. The fourth-order valence-electron chi connectivity index (χ4n) is 0.169. The van der Waals surface area contributed by atoms with E-state index in [0.717, 1.165) is 0 Å². The summed E-state index contributed by atoms with van der Waals surface area (Å²) >= 11 is 0. The fraction of sp³-hybridized carbons (Fsp3) is 0.200. The van der Waals surface area contributed by atoms with Gasteiger partial charge in [0, 0.05) is 12.8 Å². The van der Waals surface area contributed by atoms with Crippen LogP contribution in [-0.2, 0) is 0 Å². The van der Waals surface area contributed by atoms with E-state index in [0.29, 0.717) is 6.42 Å². The van der Waals surface area contributed by atoms with E-state index in [-0.39, 0.29) is 5.84 Å². The van der Waals surface area contributed by atoms with Gasteiger partial charge in [-0.3, -0.25) is 5.41 Å². The van der Waals surface area contributed by atoms with Crippen molar-refractivity contribution in [3.8, 4) is 12.3 Å². The van der Waals surface area contributed by atoms with Crippen molar-refractivity contribution in [3.63, 3.8) is 0 Å². The molecule has 0 aliphatic carbocycles. The monoisotopic (exact) mass is 95.1 g/mol. The molecule has 37 valence electrons. The van der Waals surface area contributed by atoms with Crippen LogP contribution in [-0.4, -0.2) is 5.84 Å². The molecule has 0 heterocycles. The lowest BCUT2D eigenvalue weighted by Crippen LogP contribution is -2.08. The van der Waals surface area contributed by atoms with E-state index in [1.165, 1.54) is 6.42 Å². The summed E-state index contributed by atoms with van der Waals surface area (Å²) in [5.41, 5.74) is 4.91. The number of hydrogen-bond donors (Lipinski definition) is 2. The third-order valence-electron chi connectivity index (χ3n) is 0.440. The lowest BCUT2D eigenvalue weighted by molar-refractivity contribution is 1.31. The summed E-state index contributed by atoms with van der Waals surface area (Å²) in [6.07, 6.45) is 6.77. The Kier molecular flexibility index (Phi) is 2.78. The Hall–Kier alpha value is -0.970. The van der Waals surface area contributed by atoms with E-state index in [4.69, 9.17) is 17.6 Å². The summed E-state index contributed by atoms with van der Waals surface area (Å²) in [4.78, 5) is 0. The van der Waals surface area contributed by atoms with Crippen molar-refractivity contribution in [3.05, 3.63) is 6.42 Å². The second-order valence-electron chi connectivity index (χ2n) is 1.07. The maximum Gasteiger partial charge on any atom is 0.0954 e. The third-order valence-corrected chi connectivity index (χ3v) is 0.440. The summed E-state index contributed by atoms with van der Waals surface area (Å²) < 4.78 is 0. The predicted octanol–water partition coefficient (Wildman–Crippen LogP) is 0.150. The first-order valence-corrected chi connectivity index (χ1v) is 1.88. The Bertz CT molecular complexity index is 99.1. The first-order valence-electron chi connectivity index (χ1n) is 1.88. The Labute approximate surface area is 43.2 Å². The van der Waals surface area contributed by atoms with Gasteiger partial charge in [0.25, 0.3) is 0 Å². The molecule has 0 unspecified atom stereocenters. The molecule has 0 aliphatic heterocycles. The van der Waals surface area contributed by atoms with Crippen LogP contribution in [0.4, 0.5) is 0 Å². The molecule has 0 amide bonds. The highest BCUT2D eigenvalue weighted by Crippen LogP contribution is 1.78. The molecule has 0 saturated carbocycles. The number of nitrogens with two attached hydrogens (primary N) is 1. The van der Waals surface area contributed by atoms with Gasteiger partial charge in [0.05, 0.1) is 5.84 Å². The van der Waals surface area contributed by atoms with E-state index in [1.54, 1.807) is 0 Å². The van der Waals surface area contributed by atoms with E-state index in [1.807, 2.05) is 0 Å². The zero-order chi connectivity index (χ0) is 5.70. The van der Waals surface area contributed by atoms with Gasteiger partial charge in [-0.1, -0.05) is 0 Å². The molecule has 0 fully saturated rings. The SMILES string of the molecule is C#CC[CH]C(=N)N. The highest BCUT2D eigenvalue weighted by atomic mass is 14.7. The average molecular weight is 95.1 g/mol. The molecule has 0 aromatic carbocycles. The Morgan fingerprint density at radius 3 is 2.71 bits per heavy atom. The minimum Gasteiger partial charge on any atom is -0.387 e. The van der Waals surface area contributed by atoms with E-state index >= 15 is 0 Å². The first-order chi connectivity index (χ1) is 3.27. The van der Waals surface area contributed by atoms with Gasteiger partial charge >= 0.3 is 0 Å². The molecular weight excluding hydrogens is 88.1 g/mol. The maximum absolute atomic E-state index is 6.62. The number of nitrogens with one attached hydrogen (secondary N) is 1. The summed E-state index contributed by atoms with van der Waals surface area (Å²) in [5, 5.41) is 6.62. The molecule has 0 atom stereocenters. The number of amidine groups is 1. The standard InChI is InChI=1S/C5H7N2/c1-2-3-4-5(6)7/h1,4H,3H2,(H3,6,7). The number of rotatable bonds is 2. The van der Waals surface area contributed by atoms with Crippen LogP contribution in [0.25, 0.3) is 0 Å². The molecule has 1 radical (unpaired) electrons. The van der Waals surface area contributed by atoms with Crippen LogP contribution in [0.2, 0.25) is 0 Å². The van der Waals surface area contributed by atoms with Gasteiger partial charge < -0.3 is 5.73 Å². The second kappa shape index (κ2) is 3.23. The van der Waals surface area contributed by atoms with Crippen LogP contribution in [0.5, 0.6) is 0 Å².